The lowest BCUT2D eigenvalue weighted by Gasteiger charge is -2.05. The number of hydrogen-bond donors (Lipinski definition) is 2. The van der Waals surface area contributed by atoms with Crippen LogP contribution in [0.25, 0.3) is 6.08 Å². The number of rotatable bonds is 6. The third-order valence-electron chi connectivity index (χ3n) is 2.75. The van der Waals surface area contributed by atoms with Crippen molar-refractivity contribution in [1.29, 1.82) is 0 Å². The number of phenolic OH excluding ortho intramolecular Hbond substituents is 2. The minimum Gasteiger partial charge on any atom is -0.504 e. The van der Waals surface area contributed by atoms with E-state index in [4.69, 9.17) is 9.47 Å². The first-order valence-corrected chi connectivity index (χ1v) is 6.70. The summed E-state index contributed by atoms with van der Waals surface area (Å²) < 4.78 is 10.4. The highest BCUT2D eigenvalue weighted by atomic mass is 16.6. The van der Waals surface area contributed by atoms with Gasteiger partial charge in [0.15, 0.2) is 11.5 Å². The highest BCUT2D eigenvalue weighted by Gasteiger charge is 2.00. The van der Waals surface area contributed by atoms with Crippen molar-refractivity contribution in [3.05, 3.63) is 60.2 Å². The molecule has 5 heteroatoms. The number of esters is 1. The van der Waals surface area contributed by atoms with E-state index in [2.05, 4.69) is 0 Å². The van der Waals surface area contributed by atoms with Gasteiger partial charge in [0.2, 0.25) is 0 Å². The van der Waals surface area contributed by atoms with E-state index in [9.17, 15) is 15.0 Å². The Hall–Kier alpha value is -2.95. The van der Waals surface area contributed by atoms with E-state index in [0.29, 0.717) is 11.3 Å². The number of hydrogen-bond acceptors (Lipinski definition) is 5. The molecule has 0 heterocycles. The van der Waals surface area contributed by atoms with Gasteiger partial charge < -0.3 is 19.7 Å². The first kappa shape index (κ1) is 15.4. The van der Waals surface area contributed by atoms with Crippen LogP contribution in [-0.4, -0.2) is 29.4 Å². The molecule has 2 rings (SSSR count). The third-order valence-corrected chi connectivity index (χ3v) is 2.75. The number of carbonyl (C=O) groups excluding carboxylic acids is 1. The Bertz CT molecular complexity index is 649. The highest BCUT2D eigenvalue weighted by molar-refractivity contribution is 5.87. The average Bonchev–Trinajstić information content (AvgIpc) is 2.54. The Morgan fingerprint density at radius 1 is 1.00 bits per heavy atom. The smallest absolute Gasteiger partial charge is 0.330 e. The van der Waals surface area contributed by atoms with E-state index in [1.165, 1.54) is 24.3 Å². The summed E-state index contributed by atoms with van der Waals surface area (Å²) in [6, 6.07) is 13.5. The van der Waals surface area contributed by atoms with Gasteiger partial charge in [0.1, 0.15) is 19.0 Å². The number of benzene rings is 2. The van der Waals surface area contributed by atoms with Gasteiger partial charge in [-0.05, 0) is 35.9 Å². The SMILES string of the molecule is O=C(C=Cc1ccc(O)c(O)c1)OCCOc1ccccc1. The number of para-hydroxylation sites is 1. The summed E-state index contributed by atoms with van der Waals surface area (Å²) >= 11 is 0. The molecule has 2 aromatic carbocycles. The molecule has 2 aromatic rings. The van der Waals surface area contributed by atoms with Crippen molar-refractivity contribution >= 4 is 12.0 Å². The molecule has 0 aliphatic heterocycles. The quantitative estimate of drug-likeness (QED) is 0.371. The zero-order valence-corrected chi connectivity index (χ0v) is 11.8. The molecule has 0 aliphatic carbocycles. The zero-order valence-electron chi connectivity index (χ0n) is 11.8. The lowest BCUT2D eigenvalue weighted by molar-refractivity contribution is -0.138. The second-order valence-electron chi connectivity index (χ2n) is 4.41. The molecule has 0 unspecified atom stereocenters. The maximum atomic E-state index is 11.5. The van der Waals surface area contributed by atoms with Crippen LogP contribution < -0.4 is 4.74 Å². The summed E-state index contributed by atoms with van der Waals surface area (Å²) in [5.74, 6) is -0.248. The van der Waals surface area contributed by atoms with Crippen LogP contribution in [0.1, 0.15) is 5.56 Å². The van der Waals surface area contributed by atoms with E-state index in [1.54, 1.807) is 6.07 Å². The van der Waals surface area contributed by atoms with Crippen LogP contribution in [0.2, 0.25) is 0 Å². The topological polar surface area (TPSA) is 76.0 Å². The molecule has 2 N–H and O–H groups in total. The molecule has 0 saturated heterocycles. The van der Waals surface area contributed by atoms with Crippen molar-refractivity contribution in [3.8, 4) is 17.2 Å². The molecule has 0 fully saturated rings. The molecule has 0 aliphatic rings. The van der Waals surface area contributed by atoms with Crippen LogP contribution >= 0.6 is 0 Å². The fourth-order valence-electron chi connectivity index (χ4n) is 1.68. The summed E-state index contributed by atoms with van der Waals surface area (Å²) in [6.45, 7) is 0.405. The monoisotopic (exact) mass is 300 g/mol. The van der Waals surface area contributed by atoms with Crippen LogP contribution in [0.4, 0.5) is 0 Å². The number of aromatic hydroxyl groups is 2. The molecule has 0 atom stereocenters. The first-order valence-electron chi connectivity index (χ1n) is 6.70. The van der Waals surface area contributed by atoms with Gasteiger partial charge in [-0.15, -0.1) is 0 Å². The summed E-state index contributed by atoms with van der Waals surface area (Å²) in [5, 5.41) is 18.5. The Labute approximate surface area is 128 Å². The van der Waals surface area contributed by atoms with E-state index in [0.717, 1.165) is 0 Å². The molecule has 0 saturated carbocycles. The van der Waals surface area contributed by atoms with Crippen molar-refractivity contribution < 1.29 is 24.5 Å². The average molecular weight is 300 g/mol. The molecule has 0 amide bonds. The van der Waals surface area contributed by atoms with E-state index in [-0.39, 0.29) is 24.7 Å². The molecule has 114 valence electrons. The maximum absolute atomic E-state index is 11.5. The Morgan fingerprint density at radius 2 is 1.77 bits per heavy atom. The normalized spacial score (nSPS) is 10.5. The fourth-order valence-corrected chi connectivity index (χ4v) is 1.68. The number of carbonyl (C=O) groups is 1. The predicted octanol–water partition coefficient (Wildman–Crippen LogP) is 2.73. The van der Waals surface area contributed by atoms with Crippen LogP contribution in [0.5, 0.6) is 17.2 Å². The van der Waals surface area contributed by atoms with E-state index >= 15 is 0 Å². The third kappa shape index (κ3) is 4.86. The Morgan fingerprint density at radius 3 is 2.50 bits per heavy atom. The number of ether oxygens (including phenoxy) is 2. The van der Waals surface area contributed by atoms with Gasteiger partial charge in [0.05, 0.1) is 0 Å². The second kappa shape index (κ2) is 7.73. The maximum Gasteiger partial charge on any atom is 0.330 e. The molecule has 22 heavy (non-hydrogen) atoms. The molecule has 5 nitrogen and oxygen atoms in total. The van der Waals surface area contributed by atoms with Crippen molar-refractivity contribution in [1.82, 2.24) is 0 Å². The van der Waals surface area contributed by atoms with Gasteiger partial charge in [-0.1, -0.05) is 24.3 Å². The highest BCUT2D eigenvalue weighted by Crippen LogP contribution is 2.25. The molecule has 0 spiro atoms. The van der Waals surface area contributed by atoms with Crippen molar-refractivity contribution in [2.45, 2.75) is 0 Å². The second-order valence-corrected chi connectivity index (χ2v) is 4.41. The standard InChI is InChI=1S/C17H16O5/c18-15-8-6-13(12-16(15)19)7-9-17(20)22-11-10-21-14-4-2-1-3-5-14/h1-9,12,18-19H,10-11H2. The lowest BCUT2D eigenvalue weighted by Crippen LogP contribution is -2.10. The van der Waals surface area contributed by atoms with Gasteiger partial charge in [0.25, 0.3) is 0 Å². The zero-order chi connectivity index (χ0) is 15.8. The molecular weight excluding hydrogens is 284 g/mol. The van der Waals surface area contributed by atoms with Gasteiger partial charge in [0, 0.05) is 6.08 Å². The molecular formula is C17H16O5. The largest absolute Gasteiger partial charge is 0.504 e. The predicted molar refractivity (Wildman–Crippen MR) is 81.7 cm³/mol. The number of phenols is 2. The Kier molecular flexibility index (Phi) is 5.43. The van der Waals surface area contributed by atoms with Crippen LogP contribution in [-0.2, 0) is 9.53 Å². The fraction of sp³-hybridized carbons (Fsp3) is 0.118. The van der Waals surface area contributed by atoms with Crippen molar-refractivity contribution in [3.63, 3.8) is 0 Å². The molecule has 0 aromatic heterocycles. The molecule has 0 bridgehead atoms. The lowest BCUT2D eigenvalue weighted by atomic mass is 10.2. The van der Waals surface area contributed by atoms with Crippen LogP contribution in [0.15, 0.2) is 54.6 Å². The van der Waals surface area contributed by atoms with Gasteiger partial charge in [-0.25, -0.2) is 4.79 Å². The summed E-state index contributed by atoms with van der Waals surface area (Å²) in [5.41, 5.74) is 0.577. The van der Waals surface area contributed by atoms with Crippen LogP contribution in [0.3, 0.4) is 0 Å². The van der Waals surface area contributed by atoms with Crippen molar-refractivity contribution in [2.24, 2.45) is 0 Å². The minimum absolute atomic E-state index is 0.138. The Balaban J connectivity index is 1.73. The van der Waals surface area contributed by atoms with E-state index in [1.807, 2.05) is 30.3 Å². The van der Waals surface area contributed by atoms with E-state index < -0.39 is 5.97 Å². The minimum atomic E-state index is -0.510. The summed E-state index contributed by atoms with van der Waals surface area (Å²) in [4.78, 5) is 11.5. The van der Waals surface area contributed by atoms with Gasteiger partial charge in [-0.3, -0.25) is 0 Å². The molecule has 0 radical (unpaired) electrons. The van der Waals surface area contributed by atoms with Crippen LogP contribution in [0, 0.1) is 0 Å². The summed E-state index contributed by atoms with van der Waals surface area (Å²) in [6.07, 6.45) is 2.73. The van der Waals surface area contributed by atoms with Gasteiger partial charge in [-0.2, -0.15) is 0 Å². The van der Waals surface area contributed by atoms with Gasteiger partial charge >= 0.3 is 5.97 Å². The first-order chi connectivity index (χ1) is 10.6. The summed E-state index contributed by atoms with van der Waals surface area (Å²) in [7, 11) is 0. The van der Waals surface area contributed by atoms with Crippen molar-refractivity contribution in [2.75, 3.05) is 13.2 Å².